The van der Waals surface area contributed by atoms with Crippen LogP contribution in [0.3, 0.4) is 0 Å². The summed E-state index contributed by atoms with van der Waals surface area (Å²) >= 11 is 0. The molecule has 0 heterocycles. The number of aliphatic hydroxyl groups is 1. The second-order valence-corrected chi connectivity index (χ2v) is 11.7. The number of carbonyl (C=O) groups is 2. The molecule has 2 N–H and O–H groups in total. The van der Waals surface area contributed by atoms with Gasteiger partial charge in [0.2, 0.25) is 5.91 Å². The highest BCUT2D eigenvalue weighted by Gasteiger charge is 2.28. The number of quaternary nitrogens is 3. The Morgan fingerprint density at radius 1 is 0.909 bits per heavy atom. The predicted molar refractivity (Wildman–Crippen MR) is 145 cm³/mol. The third-order valence-corrected chi connectivity index (χ3v) is 5.61. The van der Waals surface area contributed by atoms with Crippen LogP contribution >= 0.6 is 0 Å². The van der Waals surface area contributed by atoms with E-state index in [2.05, 4.69) is 54.5 Å². The lowest BCUT2D eigenvalue weighted by Crippen LogP contribution is -2.53. The van der Waals surface area contributed by atoms with Gasteiger partial charge in [-0.05, 0) is 12.8 Å². The van der Waals surface area contributed by atoms with Crippen LogP contribution in [0.15, 0.2) is 0 Å². The van der Waals surface area contributed by atoms with E-state index in [1.807, 2.05) is 34.9 Å². The molecule has 7 heteroatoms. The number of hydrogen-bond acceptors (Lipinski definition) is 3. The first kappa shape index (κ1) is 42.2. The van der Waals surface area contributed by atoms with E-state index in [9.17, 15) is 9.59 Å². The maximum absolute atomic E-state index is 12.1. The van der Waals surface area contributed by atoms with E-state index in [0.29, 0.717) is 36.8 Å². The lowest BCUT2D eigenvalue weighted by Gasteiger charge is -2.32. The fourth-order valence-electron chi connectivity index (χ4n) is 2.68. The zero-order valence-electron chi connectivity index (χ0n) is 25.1. The summed E-state index contributed by atoms with van der Waals surface area (Å²) in [5.41, 5.74) is -0.353. The molecule has 1 atom stereocenters. The minimum absolute atomic E-state index is 0. The predicted octanol–water partition coefficient (Wildman–Crippen LogP) is 3.05. The molecule has 1 amide bonds. The summed E-state index contributed by atoms with van der Waals surface area (Å²) in [5.74, 6) is 0.298. The molecule has 0 spiro atoms. The lowest BCUT2D eigenvalue weighted by molar-refractivity contribution is -0.896. The van der Waals surface area contributed by atoms with Crippen molar-refractivity contribution in [2.24, 2.45) is 5.41 Å². The Labute approximate surface area is 208 Å². The number of hydrogen-bond donors (Lipinski definition) is 2. The number of aliphatic hydroxyl groups excluding tert-OH is 1. The van der Waals surface area contributed by atoms with Crippen LogP contribution in [0.2, 0.25) is 0 Å². The number of rotatable bonds is 12. The van der Waals surface area contributed by atoms with Gasteiger partial charge in [0.05, 0.1) is 76.0 Å². The number of likely N-dealkylation sites (N-methyl/N-ethyl adjacent to an activating group) is 2. The molecule has 0 aromatic heterocycles. The molecule has 0 aliphatic heterocycles. The maximum Gasteiger partial charge on any atom is 0.229 e. The van der Waals surface area contributed by atoms with E-state index in [0.717, 1.165) is 28.4 Å². The van der Waals surface area contributed by atoms with E-state index in [1.54, 1.807) is 0 Å². The minimum atomic E-state index is -0.353. The third-order valence-electron chi connectivity index (χ3n) is 5.61. The van der Waals surface area contributed by atoms with Crippen LogP contribution < -0.4 is 5.32 Å². The molecule has 0 aromatic carbocycles. The number of amides is 1. The monoisotopic (exact) mass is 478 g/mol. The molecule has 1 unspecified atom stereocenters. The number of Topliss-reactive ketones (excluding diaryl/α,β-unsaturated/α-hetero) is 1. The van der Waals surface area contributed by atoms with Gasteiger partial charge < -0.3 is 46.2 Å². The van der Waals surface area contributed by atoms with E-state index in [4.69, 9.17) is 5.11 Å². The summed E-state index contributed by atoms with van der Waals surface area (Å²) in [7, 11) is 16.5. The van der Waals surface area contributed by atoms with Crippen molar-refractivity contribution in [2.45, 2.75) is 53.0 Å². The van der Waals surface area contributed by atoms with Crippen molar-refractivity contribution in [3.05, 3.63) is 22.3 Å². The van der Waals surface area contributed by atoms with Crippen LogP contribution in [-0.4, -0.2) is 119 Å². The molecule has 7 nitrogen and oxygen atoms in total. The second-order valence-electron chi connectivity index (χ2n) is 11.7. The summed E-state index contributed by atoms with van der Waals surface area (Å²) in [6, 6.07) is 0.394. The molecular formula is C26H62N4O3. The van der Waals surface area contributed by atoms with Crippen molar-refractivity contribution in [2.75, 3.05) is 82.7 Å². The number of ketones is 1. The van der Waals surface area contributed by atoms with Gasteiger partial charge in [0.15, 0.2) is 12.5 Å². The Balaban J connectivity index is -0.000000187. The molecule has 0 aliphatic rings. The van der Waals surface area contributed by atoms with Crippen molar-refractivity contribution in [3.8, 4) is 0 Å². The van der Waals surface area contributed by atoms with Crippen molar-refractivity contribution < 1.29 is 28.1 Å². The Bertz CT molecular complexity index is 515. The van der Waals surface area contributed by atoms with Gasteiger partial charge in [-0.15, -0.1) is 0 Å². The van der Waals surface area contributed by atoms with Gasteiger partial charge in [0, 0.05) is 5.41 Å². The van der Waals surface area contributed by atoms with Crippen LogP contribution in [0.1, 0.15) is 47.0 Å². The largest absolute Gasteiger partial charge is 0.390 e. The zero-order chi connectivity index (χ0) is 24.4. The first-order chi connectivity index (χ1) is 13.3. The summed E-state index contributed by atoms with van der Waals surface area (Å²) in [6.45, 7) is 10.1. The average molecular weight is 479 g/mol. The van der Waals surface area contributed by atoms with Gasteiger partial charge in [0.25, 0.3) is 0 Å². The van der Waals surface area contributed by atoms with Crippen LogP contribution in [0, 0.1) is 27.7 Å². The van der Waals surface area contributed by atoms with E-state index >= 15 is 0 Å². The molecule has 0 saturated heterocycles. The normalized spacial score (nSPS) is 12.6. The first-order valence-corrected chi connectivity index (χ1v) is 11.2. The minimum Gasteiger partial charge on any atom is -0.390 e. The Kier molecular flexibility index (Phi) is 22.3. The number of nitrogens with one attached hydrogen (secondary N) is 1. The fraction of sp³-hybridized carbons (Fsp3) is 0.808. The molecule has 0 rings (SSSR count). The highest BCUT2D eigenvalue weighted by molar-refractivity contribution is 5.81. The Morgan fingerprint density at radius 3 is 1.64 bits per heavy atom. The molecule has 204 valence electrons. The number of carbonyl (C=O) groups excluding carboxylic acids is 2. The SMILES string of the molecule is CCC(C)(C)C(=O)NC[N+](C)(C)CC(=O)CC[N+](C)(C)C.CCC(CO)[N+](C)(C)C.[CH3-].[CH3-].[CH3-]. The Morgan fingerprint density at radius 2 is 1.36 bits per heavy atom. The molecular weight excluding hydrogens is 416 g/mol. The van der Waals surface area contributed by atoms with Gasteiger partial charge >= 0.3 is 0 Å². The van der Waals surface area contributed by atoms with Gasteiger partial charge in [-0.2, -0.15) is 0 Å². The quantitative estimate of drug-likeness (QED) is 0.257. The highest BCUT2D eigenvalue weighted by atomic mass is 16.3. The zero-order valence-corrected chi connectivity index (χ0v) is 25.1. The van der Waals surface area contributed by atoms with E-state index in [-0.39, 0.29) is 39.4 Å². The van der Waals surface area contributed by atoms with Crippen LogP contribution in [0.4, 0.5) is 0 Å². The van der Waals surface area contributed by atoms with E-state index < -0.39 is 0 Å². The number of nitrogens with zero attached hydrogens (tertiary/aromatic N) is 3. The fourth-order valence-corrected chi connectivity index (χ4v) is 2.68. The first-order valence-electron chi connectivity index (χ1n) is 11.2. The molecule has 0 aliphatic carbocycles. The third kappa shape index (κ3) is 21.3. The molecule has 33 heavy (non-hydrogen) atoms. The lowest BCUT2D eigenvalue weighted by atomic mass is 9.89. The summed E-state index contributed by atoms with van der Waals surface area (Å²) in [5, 5.41) is 11.8. The van der Waals surface area contributed by atoms with Crippen molar-refractivity contribution in [1.82, 2.24) is 5.32 Å². The van der Waals surface area contributed by atoms with Gasteiger partial charge in [0.1, 0.15) is 12.6 Å². The highest BCUT2D eigenvalue weighted by Crippen LogP contribution is 2.19. The van der Waals surface area contributed by atoms with E-state index in [1.165, 1.54) is 0 Å². The standard InChI is InChI=1S/C16H34N3O2.C7H18NO.3CH3/c1-9-16(2,3)15(21)17-13-19(7,8)12-14(20)10-11-18(4,5)6;1-5-7(6-9)8(2,3)4;;;/h9-13H2,1-8H3;7,9H,5-6H2,1-4H3;3*1H3/q2*+1;3*-1/p+1. The van der Waals surface area contributed by atoms with Gasteiger partial charge in [-0.1, -0.05) is 27.7 Å². The van der Waals surface area contributed by atoms with Crippen molar-refractivity contribution >= 4 is 11.7 Å². The molecule has 0 aromatic rings. The summed E-state index contributed by atoms with van der Waals surface area (Å²) in [6.07, 6.45) is 2.42. The smallest absolute Gasteiger partial charge is 0.229 e. The Hall–Kier alpha value is -1.02. The van der Waals surface area contributed by atoms with Crippen LogP contribution in [0.5, 0.6) is 0 Å². The average Bonchev–Trinajstić information content (AvgIpc) is 2.57. The summed E-state index contributed by atoms with van der Waals surface area (Å²) in [4.78, 5) is 24.1. The molecule has 0 radical (unpaired) electrons. The second kappa shape index (κ2) is 17.4. The van der Waals surface area contributed by atoms with Gasteiger partial charge in [-0.3, -0.25) is 9.59 Å². The topological polar surface area (TPSA) is 66.4 Å². The molecule has 0 saturated carbocycles. The van der Waals surface area contributed by atoms with Crippen LogP contribution in [-0.2, 0) is 9.59 Å². The molecule has 0 fully saturated rings. The maximum atomic E-state index is 12.1. The van der Waals surface area contributed by atoms with Crippen molar-refractivity contribution in [1.29, 1.82) is 0 Å². The molecule has 0 bridgehead atoms. The van der Waals surface area contributed by atoms with Gasteiger partial charge in [-0.25, -0.2) is 0 Å². The summed E-state index contributed by atoms with van der Waals surface area (Å²) < 4.78 is 2.13. The van der Waals surface area contributed by atoms with Crippen LogP contribution in [0.25, 0.3) is 0 Å². The van der Waals surface area contributed by atoms with Crippen molar-refractivity contribution in [3.63, 3.8) is 0 Å².